The van der Waals surface area contributed by atoms with Gasteiger partial charge in [-0.25, -0.2) is 0 Å². The van der Waals surface area contributed by atoms with E-state index in [1.54, 1.807) is 4.68 Å². The molecule has 2 rings (SSSR count). The molecule has 1 amide bonds. The van der Waals surface area contributed by atoms with Crippen LogP contribution in [0.5, 0.6) is 0 Å². The van der Waals surface area contributed by atoms with Gasteiger partial charge < -0.3 is 5.32 Å². The van der Waals surface area contributed by atoms with E-state index in [2.05, 4.69) is 10.4 Å². The summed E-state index contributed by atoms with van der Waals surface area (Å²) in [6.45, 7) is 2.50. The van der Waals surface area contributed by atoms with Crippen LogP contribution in [0.3, 0.4) is 0 Å². The van der Waals surface area contributed by atoms with E-state index in [-0.39, 0.29) is 11.9 Å². The Kier molecular flexibility index (Phi) is 5.33. The molecule has 0 fully saturated rings. The molecule has 5 nitrogen and oxygen atoms in total. The molecule has 0 bridgehead atoms. The van der Waals surface area contributed by atoms with Crippen molar-refractivity contribution in [3.63, 3.8) is 0 Å². The van der Waals surface area contributed by atoms with Crippen molar-refractivity contribution in [1.29, 1.82) is 0 Å². The first kappa shape index (κ1) is 16.2. The van der Waals surface area contributed by atoms with Gasteiger partial charge in [0, 0.05) is 30.9 Å². The molecular weight excluding hydrogens is 276 g/mol. The van der Waals surface area contributed by atoms with E-state index in [0.717, 1.165) is 23.2 Å². The third-order valence-electron chi connectivity index (χ3n) is 3.72. The molecule has 5 heteroatoms. The highest BCUT2D eigenvalue weighted by Gasteiger charge is 2.19. The average Bonchev–Trinajstić information content (AvgIpc) is 2.87. The first-order chi connectivity index (χ1) is 10.5. The van der Waals surface area contributed by atoms with Gasteiger partial charge in [-0.05, 0) is 20.5 Å². The van der Waals surface area contributed by atoms with Crippen LogP contribution in [-0.2, 0) is 18.4 Å². The van der Waals surface area contributed by atoms with Gasteiger partial charge in [-0.3, -0.25) is 14.4 Å². The third-order valence-corrected chi connectivity index (χ3v) is 3.72. The Morgan fingerprint density at radius 2 is 2.00 bits per heavy atom. The number of carbonyl (C=O) groups is 1. The van der Waals surface area contributed by atoms with Crippen molar-refractivity contribution in [2.24, 2.45) is 7.05 Å². The van der Waals surface area contributed by atoms with Crippen LogP contribution >= 0.6 is 0 Å². The van der Waals surface area contributed by atoms with E-state index >= 15 is 0 Å². The number of nitrogens with zero attached hydrogens (tertiary/aromatic N) is 3. The monoisotopic (exact) mass is 300 g/mol. The SMILES string of the molecule is CC[C@H](C(=O)NCc1cn(C)nc1-c1ccccc1)N(C)C. The molecule has 0 saturated heterocycles. The predicted octanol–water partition coefficient (Wildman–Crippen LogP) is 2.04. The number of benzene rings is 1. The minimum absolute atomic E-state index is 0.0513. The number of amides is 1. The summed E-state index contributed by atoms with van der Waals surface area (Å²) in [5.74, 6) is 0.0513. The fourth-order valence-corrected chi connectivity index (χ4v) is 2.59. The molecule has 118 valence electrons. The van der Waals surface area contributed by atoms with Crippen LogP contribution in [0, 0.1) is 0 Å². The highest BCUT2D eigenvalue weighted by atomic mass is 16.2. The topological polar surface area (TPSA) is 50.2 Å². The zero-order chi connectivity index (χ0) is 16.1. The first-order valence-corrected chi connectivity index (χ1v) is 7.55. The van der Waals surface area contributed by atoms with Crippen molar-refractivity contribution in [3.8, 4) is 11.3 Å². The van der Waals surface area contributed by atoms with Gasteiger partial charge in [-0.1, -0.05) is 37.3 Å². The van der Waals surface area contributed by atoms with Crippen LogP contribution in [0.2, 0.25) is 0 Å². The Bertz CT molecular complexity index is 619. The molecule has 1 aromatic carbocycles. The number of nitrogens with one attached hydrogen (secondary N) is 1. The average molecular weight is 300 g/mol. The zero-order valence-electron chi connectivity index (χ0n) is 13.7. The Balaban J connectivity index is 2.13. The fourth-order valence-electron chi connectivity index (χ4n) is 2.59. The molecule has 1 N–H and O–H groups in total. The van der Waals surface area contributed by atoms with Crippen molar-refractivity contribution < 1.29 is 4.79 Å². The van der Waals surface area contributed by atoms with Crippen molar-refractivity contribution in [1.82, 2.24) is 20.0 Å². The fraction of sp³-hybridized carbons (Fsp3) is 0.412. The van der Waals surface area contributed by atoms with Gasteiger partial charge in [0.2, 0.25) is 5.91 Å². The van der Waals surface area contributed by atoms with Crippen molar-refractivity contribution in [2.45, 2.75) is 25.9 Å². The minimum atomic E-state index is -0.100. The maximum Gasteiger partial charge on any atom is 0.237 e. The number of aromatic nitrogens is 2. The van der Waals surface area contributed by atoms with Crippen LogP contribution < -0.4 is 5.32 Å². The standard InChI is InChI=1S/C17H24N4O/c1-5-15(20(2)3)17(22)18-11-14-12-21(4)19-16(14)13-9-7-6-8-10-13/h6-10,12,15H,5,11H2,1-4H3,(H,18,22)/t15-/m1/s1. The summed E-state index contributed by atoms with van der Waals surface area (Å²) in [5.41, 5.74) is 3.00. The number of aryl methyl sites for hydroxylation is 1. The molecule has 1 atom stereocenters. The molecule has 2 aromatic rings. The lowest BCUT2D eigenvalue weighted by Crippen LogP contribution is -2.42. The Morgan fingerprint density at radius 1 is 1.32 bits per heavy atom. The van der Waals surface area contributed by atoms with Gasteiger partial charge in [-0.2, -0.15) is 5.10 Å². The number of hydrogen-bond acceptors (Lipinski definition) is 3. The van der Waals surface area contributed by atoms with Gasteiger partial charge in [-0.15, -0.1) is 0 Å². The van der Waals surface area contributed by atoms with Crippen LogP contribution in [0.1, 0.15) is 18.9 Å². The second kappa shape index (κ2) is 7.22. The molecule has 22 heavy (non-hydrogen) atoms. The van der Waals surface area contributed by atoms with Crippen molar-refractivity contribution in [3.05, 3.63) is 42.1 Å². The molecule has 0 unspecified atom stereocenters. The van der Waals surface area contributed by atoms with Crippen LogP contribution in [0.25, 0.3) is 11.3 Å². The predicted molar refractivity (Wildman–Crippen MR) is 88.3 cm³/mol. The summed E-state index contributed by atoms with van der Waals surface area (Å²) in [5, 5.41) is 7.53. The molecule has 0 radical (unpaired) electrons. The van der Waals surface area contributed by atoms with E-state index in [9.17, 15) is 4.79 Å². The highest BCUT2D eigenvalue weighted by Crippen LogP contribution is 2.21. The number of hydrogen-bond donors (Lipinski definition) is 1. The molecule has 1 heterocycles. The second-order valence-electron chi connectivity index (χ2n) is 5.65. The first-order valence-electron chi connectivity index (χ1n) is 7.55. The molecule has 0 spiro atoms. The van der Waals surface area contributed by atoms with E-state index in [4.69, 9.17) is 0 Å². The van der Waals surface area contributed by atoms with Crippen molar-refractivity contribution >= 4 is 5.91 Å². The molecule has 0 saturated carbocycles. The van der Waals surface area contributed by atoms with Crippen molar-refractivity contribution in [2.75, 3.05) is 14.1 Å². The zero-order valence-corrected chi connectivity index (χ0v) is 13.7. The lowest BCUT2D eigenvalue weighted by Gasteiger charge is -2.21. The highest BCUT2D eigenvalue weighted by molar-refractivity contribution is 5.81. The summed E-state index contributed by atoms with van der Waals surface area (Å²) in [6.07, 6.45) is 2.75. The number of carbonyl (C=O) groups excluding carboxylic acids is 1. The maximum atomic E-state index is 12.3. The molecule has 1 aromatic heterocycles. The molecule has 0 aliphatic rings. The lowest BCUT2D eigenvalue weighted by molar-refractivity contribution is -0.125. The number of rotatable bonds is 6. The third kappa shape index (κ3) is 3.74. The molecular formula is C17H24N4O. The smallest absolute Gasteiger partial charge is 0.237 e. The number of likely N-dealkylation sites (N-methyl/N-ethyl adjacent to an activating group) is 1. The summed E-state index contributed by atoms with van der Waals surface area (Å²) in [6, 6.07) is 9.93. The van der Waals surface area contributed by atoms with Gasteiger partial charge in [0.1, 0.15) is 0 Å². The minimum Gasteiger partial charge on any atom is -0.351 e. The van der Waals surface area contributed by atoms with Crippen LogP contribution in [-0.4, -0.2) is 40.7 Å². The summed E-state index contributed by atoms with van der Waals surface area (Å²) in [4.78, 5) is 14.2. The second-order valence-corrected chi connectivity index (χ2v) is 5.65. The van der Waals surface area contributed by atoms with E-state index in [1.165, 1.54) is 0 Å². The van der Waals surface area contributed by atoms with Gasteiger partial charge in [0.05, 0.1) is 11.7 Å². The van der Waals surface area contributed by atoms with Crippen LogP contribution in [0.15, 0.2) is 36.5 Å². The Hall–Kier alpha value is -2.14. The van der Waals surface area contributed by atoms with Gasteiger partial charge in [0.25, 0.3) is 0 Å². The largest absolute Gasteiger partial charge is 0.351 e. The van der Waals surface area contributed by atoms with E-state index in [0.29, 0.717) is 6.54 Å². The summed E-state index contributed by atoms with van der Waals surface area (Å²) >= 11 is 0. The molecule has 0 aliphatic heterocycles. The maximum absolute atomic E-state index is 12.3. The van der Waals surface area contributed by atoms with Crippen LogP contribution in [0.4, 0.5) is 0 Å². The Morgan fingerprint density at radius 3 is 2.59 bits per heavy atom. The Labute approximate surface area is 131 Å². The lowest BCUT2D eigenvalue weighted by atomic mass is 10.1. The summed E-state index contributed by atoms with van der Waals surface area (Å²) in [7, 11) is 5.74. The van der Waals surface area contributed by atoms with Gasteiger partial charge in [0.15, 0.2) is 0 Å². The molecule has 0 aliphatic carbocycles. The van der Waals surface area contributed by atoms with E-state index in [1.807, 2.05) is 69.5 Å². The van der Waals surface area contributed by atoms with E-state index < -0.39 is 0 Å². The normalized spacial score (nSPS) is 12.4. The summed E-state index contributed by atoms with van der Waals surface area (Å²) < 4.78 is 1.78. The van der Waals surface area contributed by atoms with Gasteiger partial charge >= 0.3 is 0 Å². The quantitative estimate of drug-likeness (QED) is 0.888.